The fourth-order valence-corrected chi connectivity index (χ4v) is 3.00. The number of rotatable bonds is 5. The summed E-state index contributed by atoms with van der Waals surface area (Å²) in [6.45, 7) is 9.27. The SMILES string of the molecule is CCC(CC)C(=O)N1CC[NH+](Cc2ccccc2)CC1. The van der Waals surface area contributed by atoms with Gasteiger partial charge >= 0.3 is 0 Å². The molecule has 0 aromatic heterocycles. The van der Waals surface area contributed by atoms with Gasteiger partial charge in [0.1, 0.15) is 6.54 Å². The Morgan fingerprint density at radius 2 is 1.75 bits per heavy atom. The lowest BCUT2D eigenvalue weighted by molar-refractivity contribution is -0.917. The Kier molecular flexibility index (Phi) is 5.60. The summed E-state index contributed by atoms with van der Waals surface area (Å²) in [6.07, 6.45) is 1.93. The van der Waals surface area contributed by atoms with Gasteiger partial charge in [0.25, 0.3) is 0 Å². The molecule has 2 rings (SSSR count). The lowest BCUT2D eigenvalue weighted by Gasteiger charge is -2.34. The first kappa shape index (κ1) is 15.0. The second-order valence-electron chi connectivity index (χ2n) is 5.75. The molecule has 0 atom stereocenters. The molecule has 0 radical (unpaired) electrons. The first-order valence-corrected chi connectivity index (χ1v) is 7.90. The summed E-state index contributed by atoms with van der Waals surface area (Å²) in [4.78, 5) is 16.0. The molecule has 1 aliphatic heterocycles. The van der Waals surface area contributed by atoms with Gasteiger partial charge in [-0.15, -0.1) is 0 Å². The highest BCUT2D eigenvalue weighted by Crippen LogP contribution is 2.11. The van der Waals surface area contributed by atoms with Crippen LogP contribution < -0.4 is 4.90 Å². The summed E-state index contributed by atoms with van der Waals surface area (Å²) in [5, 5.41) is 0. The lowest BCUT2D eigenvalue weighted by atomic mass is 10.0. The third kappa shape index (κ3) is 3.83. The van der Waals surface area contributed by atoms with Crippen LogP contribution in [-0.4, -0.2) is 37.0 Å². The molecule has 1 aliphatic rings. The fraction of sp³-hybridized carbons (Fsp3) is 0.588. The lowest BCUT2D eigenvalue weighted by Crippen LogP contribution is -3.13. The van der Waals surface area contributed by atoms with E-state index in [2.05, 4.69) is 49.1 Å². The minimum atomic E-state index is 0.227. The van der Waals surface area contributed by atoms with Crippen LogP contribution in [0.15, 0.2) is 30.3 Å². The maximum Gasteiger partial charge on any atom is 0.226 e. The Balaban J connectivity index is 1.82. The van der Waals surface area contributed by atoms with Crippen molar-refractivity contribution >= 4 is 5.91 Å². The van der Waals surface area contributed by atoms with Crippen molar-refractivity contribution in [1.82, 2.24) is 4.90 Å². The van der Waals surface area contributed by atoms with Crippen LogP contribution in [-0.2, 0) is 11.3 Å². The van der Waals surface area contributed by atoms with Gasteiger partial charge in [-0.1, -0.05) is 44.2 Å². The van der Waals surface area contributed by atoms with Gasteiger partial charge in [0.2, 0.25) is 5.91 Å². The van der Waals surface area contributed by atoms with E-state index in [1.165, 1.54) is 5.56 Å². The molecule has 1 aromatic rings. The smallest absolute Gasteiger partial charge is 0.226 e. The Hall–Kier alpha value is -1.35. The number of quaternary nitrogens is 1. The first-order chi connectivity index (χ1) is 9.74. The summed E-state index contributed by atoms with van der Waals surface area (Å²) >= 11 is 0. The maximum atomic E-state index is 12.3. The van der Waals surface area contributed by atoms with Crippen molar-refractivity contribution in [1.29, 1.82) is 0 Å². The molecule has 0 spiro atoms. The van der Waals surface area contributed by atoms with Crippen molar-refractivity contribution in [2.45, 2.75) is 33.2 Å². The molecule has 0 aliphatic carbocycles. The van der Waals surface area contributed by atoms with Crippen molar-refractivity contribution in [3.05, 3.63) is 35.9 Å². The highest BCUT2D eigenvalue weighted by atomic mass is 16.2. The van der Waals surface area contributed by atoms with Gasteiger partial charge in [-0.2, -0.15) is 0 Å². The van der Waals surface area contributed by atoms with Crippen molar-refractivity contribution in [2.75, 3.05) is 26.2 Å². The average molecular weight is 275 g/mol. The van der Waals surface area contributed by atoms with Crippen LogP contribution in [0.1, 0.15) is 32.3 Å². The standard InChI is InChI=1S/C17H26N2O/c1-3-16(4-2)17(20)19-12-10-18(11-13-19)14-15-8-6-5-7-9-15/h5-9,16H,3-4,10-14H2,1-2H3/p+1. The number of amides is 1. The molecule has 1 fully saturated rings. The highest BCUT2D eigenvalue weighted by Gasteiger charge is 2.27. The molecule has 20 heavy (non-hydrogen) atoms. The van der Waals surface area contributed by atoms with Gasteiger partial charge in [-0.3, -0.25) is 4.79 Å². The molecule has 3 nitrogen and oxygen atoms in total. The van der Waals surface area contributed by atoms with E-state index in [4.69, 9.17) is 0 Å². The van der Waals surface area contributed by atoms with E-state index in [0.29, 0.717) is 5.91 Å². The van der Waals surface area contributed by atoms with E-state index in [1.807, 2.05) is 0 Å². The summed E-state index contributed by atoms with van der Waals surface area (Å²) in [6, 6.07) is 10.6. The molecule has 0 unspecified atom stereocenters. The van der Waals surface area contributed by atoms with E-state index in [0.717, 1.165) is 45.6 Å². The minimum absolute atomic E-state index is 0.227. The Morgan fingerprint density at radius 1 is 1.15 bits per heavy atom. The van der Waals surface area contributed by atoms with Gasteiger partial charge in [0.15, 0.2) is 0 Å². The quantitative estimate of drug-likeness (QED) is 0.862. The molecule has 0 bridgehead atoms. The predicted octanol–water partition coefficient (Wildman–Crippen LogP) is 1.35. The van der Waals surface area contributed by atoms with Crippen molar-refractivity contribution < 1.29 is 9.69 Å². The molecule has 3 heteroatoms. The van der Waals surface area contributed by atoms with Crippen LogP contribution in [0.25, 0.3) is 0 Å². The topological polar surface area (TPSA) is 24.8 Å². The summed E-state index contributed by atoms with van der Waals surface area (Å²) < 4.78 is 0. The first-order valence-electron chi connectivity index (χ1n) is 7.90. The van der Waals surface area contributed by atoms with Gasteiger partial charge in [-0.05, 0) is 12.8 Å². The second-order valence-corrected chi connectivity index (χ2v) is 5.75. The number of carbonyl (C=O) groups is 1. The van der Waals surface area contributed by atoms with E-state index >= 15 is 0 Å². The van der Waals surface area contributed by atoms with Crippen molar-refractivity contribution in [2.24, 2.45) is 5.92 Å². The summed E-state index contributed by atoms with van der Waals surface area (Å²) in [5.74, 6) is 0.597. The zero-order valence-electron chi connectivity index (χ0n) is 12.8. The van der Waals surface area contributed by atoms with Crippen LogP contribution in [0.2, 0.25) is 0 Å². The van der Waals surface area contributed by atoms with E-state index in [9.17, 15) is 4.79 Å². The molecule has 1 heterocycles. The number of piperazine rings is 1. The van der Waals surface area contributed by atoms with E-state index in [1.54, 1.807) is 4.90 Å². The largest absolute Gasteiger partial charge is 0.331 e. The van der Waals surface area contributed by atoms with Crippen LogP contribution in [0.4, 0.5) is 0 Å². The zero-order chi connectivity index (χ0) is 14.4. The van der Waals surface area contributed by atoms with Gasteiger partial charge < -0.3 is 9.80 Å². The normalized spacial score (nSPS) is 16.6. The third-order valence-electron chi connectivity index (χ3n) is 4.41. The van der Waals surface area contributed by atoms with Gasteiger partial charge in [0.05, 0.1) is 26.2 Å². The second kappa shape index (κ2) is 7.44. The predicted molar refractivity (Wildman–Crippen MR) is 81.5 cm³/mol. The zero-order valence-corrected chi connectivity index (χ0v) is 12.8. The molecular weight excluding hydrogens is 248 g/mol. The molecule has 1 aromatic carbocycles. The van der Waals surface area contributed by atoms with Crippen LogP contribution >= 0.6 is 0 Å². The number of hydrogen-bond donors (Lipinski definition) is 1. The molecule has 1 amide bonds. The number of carbonyl (C=O) groups excluding carboxylic acids is 1. The van der Waals surface area contributed by atoms with Crippen molar-refractivity contribution in [3.8, 4) is 0 Å². The van der Waals surface area contributed by atoms with Gasteiger partial charge in [0, 0.05) is 11.5 Å². The van der Waals surface area contributed by atoms with Crippen LogP contribution in [0.3, 0.4) is 0 Å². The highest BCUT2D eigenvalue weighted by molar-refractivity contribution is 5.78. The molecule has 110 valence electrons. The average Bonchev–Trinajstić information content (AvgIpc) is 2.50. The van der Waals surface area contributed by atoms with E-state index in [-0.39, 0.29) is 5.92 Å². The van der Waals surface area contributed by atoms with E-state index < -0.39 is 0 Å². The molecule has 1 N–H and O–H groups in total. The molecule has 1 saturated heterocycles. The van der Waals surface area contributed by atoms with Crippen molar-refractivity contribution in [3.63, 3.8) is 0 Å². The van der Waals surface area contributed by atoms with Crippen LogP contribution in [0.5, 0.6) is 0 Å². The number of benzene rings is 1. The van der Waals surface area contributed by atoms with Gasteiger partial charge in [-0.25, -0.2) is 0 Å². The Bertz CT molecular complexity index is 406. The Labute approximate surface area is 122 Å². The number of hydrogen-bond acceptors (Lipinski definition) is 1. The Morgan fingerprint density at radius 3 is 2.30 bits per heavy atom. The number of nitrogens with zero attached hydrogens (tertiary/aromatic N) is 1. The maximum absolute atomic E-state index is 12.3. The molecule has 0 saturated carbocycles. The minimum Gasteiger partial charge on any atom is -0.331 e. The summed E-state index contributed by atoms with van der Waals surface area (Å²) in [5.41, 5.74) is 1.39. The third-order valence-corrected chi connectivity index (χ3v) is 4.41. The fourth-order valence-electron chi connectivity index (χ4n) is 3.00. The monoisotopic (exact) mass is 275 g/mol. The molecular formula is C17H27N2O+. The number of nitrogens with one attached hydrogen (secondary N) is 1. The summed E-state index contributed by atoms with van der Waals surface area (Å²) in [7, 11) is 0. The van der Waals surface area contributed by atoms with Crippen LogP contribution in [0, 0.1) is 5.92 Å².